The molecule has 0 spiro atoms. The van der Waals surface area contributed by atoms with Crippen molar-refractivity contribution in [2.75, 3.05) is 46.6 Å². The fourth-order valence-electron chi connectivity index (χ4n) is 2.01. The quantitative estimate of drug-likeness (QED) is 0.541. The molecule has 7 heteroatoms. The number of carbonyl (C=O) groups is 2. The number of rotatable bonds is 9. The molecule has 0 aromatic heterocycles. The molecule has 19 heavy (non-hydrogen) atoms. The number of nitrogens with zero attached hydrogens (tertiary/aromatic N) is 1. The average Bonchev–Trinajstić information content (AvgIpc) is 2.37. The fraction of sp³-hybridized carbons (Fsp3) is 0.833. The van der Waals surface area contributed by atoms with Gasteiger partial charge in [0.05, 0.1) is 19.1 Å². The van der Waals surface area contributed by atoms with Crippen molar-refractivity contribution >= 4 is 11.9 Å². The van der Waals surface area contributed by atoms with Gasteiger partial charge >= 0.3 is 5.97 Å². The third-order valence-electron chi connectivity index (χ3n) is 2.97. The topological polar surface area (TPSA) is 88.1 Å². The van der Waals surface area contributed by atoms with Crippen molar-refractivity contribution in [2.24, 2.45) is 0 Å². The maximum Gasteiger partial charge on any atom is 0.305 e. The zero-order chi connectivity index (χ0) is 14.1. The highest BCUT2D eigenvalue weighted by atomic mass is 16.5. The van der Waals surface area contributed by atoms with Crippen LogP contribution in [0.2, 0.25) is 0 Å². The first kappa shape index (κ1) is 15.9. The van der Waals surface area contributed by atoms with Gasteiger partial charge in [0.2, 0.25) is 5.91 Å². The summed E-state index contributed by atoms with van der Waals surface area (Å²) >= 11 is 0. The van der Waals surface area contributed by atoms with Crippen molar-refractivity contribution < 1.29 is 24.2 Å². The third kappa shape index (κ3) is 6.00. The summed E-state index contributed by atoms with van der Waals surface area (Å²) in [6, 6.07) is -0.589. The van der Waals surface area contributed by atoms with Crippen LogP contribution in [0.5, 0.6) is 0 Å². The van der Waals surface area contributed by atoms with Crippen LogP contribution in [0.1, 0.15) is 12.8 Å². The summed E-state index contributed by atoms with van der Waals surface area (Å²) < 4.78 is 10.3. The molecule has 1 rings (SSSR count). The van der Waals surface area contributed by atoms with Crippen LogP contribution in [0.3, 0.4) is 0 Å². The normalized spacial score (nSPS) is 20.3. The summed E-state index contributed by atoms with van der Waals surface area (Å²) in [7, 11) is 1.64. The van der Waals surface area contributed by atoms with Gasteiger partial charge in [-0.1, -0.05) is 0 Å². The standard InChI is InChI=1S/C12H22N2O5/c1-18-6-2-7-19-8-5-14-4-3-13-12(17)10(14)9-11(15)16/h10H,2-9H2,1H3,(H,13,17)(H,15,16). The first-order chi connectivity index (χ1) is 9.15. The van der Waals surface area contributed by atoms with Crippen LogP contribution in [0.4, 0.5) is 0 Å². The van der Waals surface area contributed by atoms with E-state index >= 15 is 0 Å². The van der Waals surface area contributed by atoms with Crippen molar-refractivity contribution in [3.05, 3.63) is 0 Å². The van der Waals surface area contributed by atoms with Gasteiger partial charge in [-0.2, -0.15) is 0 Å². The van der Waals surface area contributed by atoms with Crippen LogP contribution in [0.25, 0.3) is 0 Å². The Balaban J connectivity index is 2.28. The molecule has 1 aliphatic heterocycles. The Morgan fingerprint density at radius 1 is 1.47 bits per heavy atom. The second kappa shape index (κ2) is 8.84. The Morgan fingerprint density at radius 2 is 2.26 bits per heavy atom. The van der Waals surface area contributed by atoms with E-state index in [9.17, 15) is 9.59 Å². The largest absolute Gasteiger partial charge is 0.481 e. The van der Waals surface area contributed by atoms with Crippen LogP contribution in [0.15, 0.2) is 0 Å². The number of piperazine rings is 1. The highest BCUT2D eigenvalue weighted by Crippen LogP contribution is 2.08. The molecule has 0 saturated carbocycles. The Kier molecular flexibility index (Phi) is 7.39. The number of hydrogen-bond donors (Lipinski definition) is 2. The summed E-state index contributed by atoms with van der Waals surface area (Å²) in [6.45, 7) is 3.54. The number of carbonyl (C=O) groups excluding carboxylic acids is 1. The molecule has 2 N–H and O–H groups in total. The minimum absolute atomic E-state index is 0.171. The second-order valence-electron chi connectivity index (χ2n) is 4.40. The third-order valence-corrected chi connectivity index (χ3v) is 2.97. The molecule has 1 heterocycles. The highest BCUT2D eigenvalue weighted by molar-refractivity contribution is 5.86. The van der Waals surface area contributed by atoms with Gasteiger partial charge in [-0.05, 0) is 6.42 Å². The molecule has 0 radical (unpaired) electrons. The van der Waals surface area contributed by atoms with Gasteiger partial charge in [0.25, 0.3) is 0 Å². The molecule has 0 aromatic carbocycles. The molecule has 0 aromatic rings. The van der Waals surface area contributed by atoms with E-state index in [1.54, 1.807) is 7.11 Å². The van der Waals surface area contributed by atoms with E-state index in [-0.39, 0.29) is 12.3 Å². The van der Waals surface area contributed by atoms with Crippen molar-refractivity contribution in [3.63, 3.8) is 0 Å². The predicted molar refractivity (Wildman–Crippen MR) is 67.9 cm³/mol. The van der Waals surface area contributed by atoms with Crippen LogP contribution < -0.4 is 5.32 Å². The lowest BCUT2D eigenvalue weighted by atomic mass is 10.1. The van der Waals surface area contributed by atoms with Crippen molar-refractivity contribution in [2.45, 2.75) is 18.9 Å². The minimum Gasteiger partial charge on any atom is -0.481 e. The zero-order valence-corrected chi connectivity index (χ0v) is 11.3. The number of methoxy groups -OCH3 is 1. The van der Waals surface area contributed by atoms with Crippen LogP contribution in [-0.2, 0) is 19.1 Å². The molecule has 0 bridgehead atoms. The lowest BCUT2D eigenvalue weighted by Crippen LogP contribution is -2.56. The number of ether oxygens (including phenoxy) is 2. The van der Waals surface area contributed by atoms with E-state index < -0.39 is 12.0 Å². The Morgan fingerprint density at radius 3 is 2.95 bits per heavy atom. The van der Waals surface area contributed by atoms with E-state index in [1.165, 1.54) is 0 Å². The van der Waals surface area contributed by atoms with Gasteiger partial charge in [-0.15, -0.1) is 0 Å². The summed E-state index contributed by atoms with van der Waals surface area (Å²) in [5.74, 6) is -1.18. The van der Waals surface area contributed by atoms with Crippen LogP contribution in [0, 0.1) is 0 Å². The maximum atomic E-state index is 11.6. The Hall–Kier alpha value is -1.18. The minimum atomic E-state index is -0.965. The summed E-state index contributed by atoms with van der Waals surface area (Å²) in [5, 5.41) is 11.5. The molecule has 1 atom stereocenters. The van der Waals surface area contributed by atoms with Crippen LogP contribution in [-0.4, -0.2) is 74.5 Å². The van der Waals surface area contributed by atoms with Crippen LogP contribution >= 0.6 is 0 Å². The van der Waals surface area contributed by atoms with E-state index in [1.807, 2.05) is 4.90 Å². The second-order valence-corrected chi connectivity index (χ2v) is 4.40. The van der Waals surface area contributed by atoms with Crippen molar-refractivity contribution in [1.82, 2.24) is 10.2 Å². The molecule has 1 aliphatic rings. The number of hydrogen-bond acceptors (Lipinski definition) is 5. The van der Waals surface area contributed by atoms with E-state index in [4.69, 9.17) is 14.6 Å². The molecule has 1 saturated heterocycles. The number of aliphatic carboxylic acids is 1. The van der Waals surface area contributed by atoms with Gasteiger partial charge in [0, 0.05) is 40.0 Å². The van der Waals surface area contributed by atoms with Gasteiger partial charge < -0.3 is 19.9 Å². The SMILES string of the molecule is COCCCOCCN1CCNC(=O)C1CC(=O)O. The summed E-state index contributed by atoms with van der Waals surface area (Å²) in [5.41, 5.74) is 0. The monoisotopic (exact) mass is 274 g/mol. The zero-order valence-electron chi connectivity index (χ0n) is 11.3. The molecule has 1 fully saturated rings. The predicted octanol–water partition coefficient (Wildman–Crippen LogP) is -0.685. The lowest BCUT2D eigenvalue weighted by Gasteiger charge is -2.33. The molecule has 110 valence electrons. The fourth-order valence-corrected chi connectivity index (χ4v) is 2.01. The summed E-state index contributed by atoms with van der Waals surface area (Å²) in [6.07, 6.45) is 0.658. The Labute approximate surface area is 112 Å². The van der Waals surface area contributed by atoms with Gasteiger partial charge in [-0.3, -0.25) is 14.5 Å². The number of carboxylic acids is 1. The molecule has 1 amide bonds. The molecule has 0 aliphatic carbocycles. The molecule has 7 nitrogen and oxygen atoms in total. The average molecular weight is 274 g/mol. The van der Waals surface area contributed by atoms with Crippen molar-refractivity contribution in [1.29, 1.82) is 0 Å². The van der Waals surface area contributed by atoms with E-state index in [2.05, 4.69) is 5.32 Å². The number of carboxylic acid groups (broad SMARTS) is 1. The molecular formula is C12H22N2O5. The first-order valence-corrected chi connectivity index (χ1v) is 6.45. The van der Waals surface area contributed by atoms with Crippen molar-refractivity contribution in [3.8, 4) is 0 Å². The van der Waals surface area contributed by atoms with Gasteiger partial charge in [0.15, 0.2) is 0 Å². The van der Waals surface area contributed by atoms with Gasteiger partial charge in [0.1, 0.15) is 0 Å². The number of nitrogens with one attached hydrogen (secondary N) is 1. The highest BCUT2D eigenvalue weighted by Gasteiger charge is 2.31. The van der Waals surface area contributed by atoms with E-state index in [0.29, 0.717) is 39.5 Å². The van der Waals surface area contributed by atoms with E-state index in [0.717, 1.165) is 6.42 Å². The number of amides is 1. The lowest BCUT2D eigenvalue weighted by molar-refractivity contribution is -0.143. The maximum absolute atomic E-state index is 11.6. The van der Waals surface area contributed by atoms with Gasteiger partial charge in [-0.25, -0.2) is 0 Å². The Bertz CT molecular complexity index is 298. The summed E-state index contributed by atoms with van der Waals surface area (Å²) in [4.78, 5) is 24.3. The molecular weight excluding hydrogens is 252 g/mol. The molecule has 1 unspecified atom stereocenters. The smallest absolute Gasteiger partial charge is 0.305 e. The first-order valence-electron chi connectivity index (χ1n) is 6.45.